The molecule has 1 aliphatic heterocycles. The lowest BCUT2D eigenvalue weighted by atomic mass is 9.87. The molecule has 45 heavy (non-hydrogen) atoms. The predicted octanol–water partition coefficient (Wildman–Crippen LogP) is 8.29. The number of hydrogen-bond acceptors (Lipinski definition) is 5. The van der Waals surface area contributed by atoms with Gasteiger partial charge in [-0.25, -0.2) is 27.9 Å². The van der Waals surface area contributed by atoms with Crippen LogP contribution >= 0.6 is 23.2 Å². The summed E-state index contributed by atoms with van der Waals surface area (Å²) in [4.78, 5) is 20.8. The van der Waals surface area contributed by atoms with Gasteiger partial charge in [-0.15, -0.1) is 0 Å². The lowest BCUT2D eigenvalue weighted by Crippen LogP contribution is -2.27. The zero-order chi connectivity index (χ0) is 32.0. The molecule has 0 unspecified atom stereocenters. The second-order valence-electron chi connectivity index (χ2n) is 11.5. The van der Waals surface area contributed by atoms with Gasteiger partial charge >= 0.3 is 5.97 Å². The normalized spacial score (nSPS) is 15.9. The molecule has 1 aliphatic rings. The second kappa shape index (κ2) is 12.0. The van der Waals surface area contributed by atoms with Crippen molar-refractivity contribution in [2.24, 2.45) is 5.41 Å². The van der Waals surface area contributed by atoms with Gasteiger partial charge in [0.1, 0.15) is 29.9 Å². The molecule has 7 nitrogen and oxygen atoms in total. The Morgan fingerprint density at radius 2 is 1.80 bits per heavy atom. The number of rotatable bonds is 8. The van der Waals surface area contributed by atoms with Gasteiger partial charge in [-0.1, -0.05) is 49.2 Å². The number of hydrogen-bond donors (Lipinski definition) is 1. The van der Waals surface area contributed by atoms with Crippen LogP contribution < -0.4 is 4.74 Å². The largest absolute Gasteiger partial charge is 0.478 e. The van der Waals surface area contributed by atoms with Crippen LogP contribution in [0.5, 0.6) is 5.88 Å². The third-order valence-electron chi connectivity index (χ3n) is 7.92. The zero-order valence-corrected chi connectivity index (χ0v) is 25.6. The summed E-state index contributed by atoms with van der Waals surface area (Å²) in [5, 5.41) is 9.94. The first-order chi connectivity index (χ1) is 21.4. The Bertz CT molecular complexity index is 1960. The highest BCUT2D eigenvalue weighted by atomic mass is 35.5. The summed E-state index contributed by atoms with van der Waals surface area (Å²) in [6.45, 7) is 4.68. The summed E-state index contributed by atoms with van der Waals surface area (Å²) in [5.74, 6) is -2.63. The summed E-state index contributed by atoms with van der Waals surface area (Å²) in [6.07, 6.45) is -0.0897. The fourth-order valence-corrected chi connectivity index (χ4v) is 5.90. The molecule has 0 amide bonds. The minimum atomic E-state index is -1.19. The van der Waals surface area contributed by atoms with Gasteiger partial charge in [-0.3, -0.25) is 0 Å². The van der Waals surface area contributed by atoms with Crippen LogP contribution in [0.2, 0.25) is 10.0 Å². The van der Waals surface area contributed by atoms with Crippen LogP contribution in [0.4, 0.5) is 13.2 Å². The maximum absolute atomic E-state index is 15.7. The summed E-state index contributed by atoms with van der Waals surface area (Å²) < 4.78 is 58.6. The number of nitrogens with zero attached hydrogens (tertiary/aromatic N) is 3. The number of benzene rings is 3. The second-order valence-corrected chi connectivity index (χ2v) is 12.4. The molecule has 1 atom stereocenters. The van der Waals surface area contributed by atoms with E-state index in [1.165, 1.54) is 42.5 Å². The first-order valence-corrected chi connectivity index (χ1v) is 14.7. The van der Waals surface area contributed by atoms with Gasteiger partial charge < -0.3 is 19.1 Å². The van der Waals surface area contributed by atoms with Crippen molar-refractivity contribution < 1.29 is 32.5 Å². The molecule has 0 radical (unpaired) electrons. The van der Waals surface area contributed by atoms with Gasteiger partial charge in [0.15, 0.2) is 0 Å². The number of halogens is 5. The van der Waals surface area contributed by atoms with Crippen molar-refractivity contribution in [2.75, 3.05) is 13.2 Å². The Balaban J connectivity index is 1.33. The predicted molar refractivity (Wildman–Crippen MR) is 163 cm³/mol. The number of ether oxygens (including phenoxy) is 2. The van der Waals surface area contributed by atoms with Gasteiger partial charge in [0.05, 0.1) is 46.6 Å². The molecule has 1 saturated heterocycles. The van der Waals surface area contributed by atoms with E-state index in [1.807, 2.05) is 18.4 Å². The molecule has 0 bridgehead atoms. The molecular formula is C33H26Cl2F3N3O4. The van der Waals surface area contributed by atoms with Crippen molar-refractivity contribution in [1.82, 2.24) is 14.5 Å². The molecule has 6 rings (SSSR count). The molecule has 232 valence electrons. The Hall–Kier alpha value is -4.12. The smallest absolute Gasteiger partial charge is 0.337 e. The highest BCUT2D eigenvalue weighted by Gasteiger charge is 2.39. The van der Waals surface area contributed by atoms with E-state index in [0.717, 1.165) is 12.1 Å². The molecule has 3 aromatic carbocycles. The first kappa shape index (κ1) is 30.9. The number of pyridine rings is 1. The molecule has 3 heterocycles. The number of aromatic carboxylic acids is 1. The Kier molecular flexibility index (Phi) is 8.24. The Morgan fingerprint density at radius 1 is 1.02 bits per heavy atom. The maximum Gasteiger partial charge on any atom is 0.337 e. The maximum atomic E-state index is 15.7. The van der Waals surface area contributed by atoms with Crippen LogP contribution in [0, 0.1) is 22.9 Å². The molecular weight excluding hydrogens is 630 g/mol. The third-order valence-corrected chi connectivity index (χ3v) is 8.47. The fraction of sp³-hybridized carbons (Fsp3) is 0.242. The van der Waals surface area contributed by atoms with Crippen molar-refractivity contribution in [2.45, 2.75) is 32.9 Å². The van der Waals surface area contributed by atoms with E-state index in [0.29, 0.717) is 30.1 Å². The summed E-state index contributed by atoms with van der Waals surface area (Å²) >= 11 is 12.0. The average Bonchev–Trinajstić information content (AvgIpc) is 3.50. The van der Waals surface area contributed by atoms with Gasteiger partial charge in [0.2, 0.25) is 5.88 Å². The number of aromatic nitrogens is 3. The Labute approximate surface area is 266 Å². The van der Waals surface area contributed by atoms with Crippen LogP contribution in [-0.4, -0.2) is 38.8 Å². The molecule has 12 heteroatoms. The standard InChI is InChI=1S/C33H26Cl2F3N3O4/c1-33(2)16-44-15-29(33)41-28-12-20(32(42)43)22(35)13-27(28)39-30(41)9-18-8-25(38)21(11-24(18)37)26-4-3-5-31(40-26)45-14-17-6-7-19(34)10-23(17)36/h3-8,10-13,29H,9,14-16H2,1-2H3,(H,42,43)/t29-/m1/s1. The highest BCUT2D eigenvalue weighted by Crippen LogP contribution is 2.41. The number of fused-ring (bicyclic) bond motifs is 1. The topological polar surface area (TPSA) is 86.5 Å². The third kappa shape index (κ3) is 6.10. The summed E-state index contributed by atoms with van der Waals surface area (Å²) in [7, 11) is 0. The van der Waals surface area contributed by atoms with Gasteiger partial charge in [-0.05, 0) is 48.0 Å². The minimum absolute atomic E-state index is 0.0201. The molecule has 0 spiro atoms. The fourth-order valence-electron chi connectivity index (χ4n) is 5.51. The number of carbonyl (C=O) groups is 1. The van der Waals surface area contributed by atoms with Crippen LogP contribution in [0.3, 0.4) is 0 Å². The van der Waals surface area contributed by atoms with E-state index in [4.69, 9.17) is 32.7 Å². The number of carboxylic acids is 1. The SMILES string of the molecule is CC1(C)COC[C@H]1n1c(Cc2cc(F)c(-c3cccc(OCc4ccc(Cl)cc4F)n3)cc2F)nc2cc(Cl)c(C(=O)O)cc21. The lowest BCUT2D eigenvalue weighted by Gasteiger charge is -2.28. The van der Waals surface area contributed by atoms with Crippen molar-refractivity contribution in [3.8, 4) is 17.1 Å². The Morgan fingerprint density at radius 3 is 2.51 bits per heavy atom. The van der Waals surface area contributed by atoms with E-state index >= 15 is 8.78 Å². The van der Waals surface area contributed by atoms with Crippen molar-refractivity contribution in [3.63, 3.8) is 0 Å². The van der Waals surface area contributed by atoms with Crippen molar-refractivity contribution in [3.05, 3.63) is 111 Å². The quantitative estimate of drug-likeness (QED) is 0.181. The van der Waals surface area contributed by atoms with E-state index < -0.39 is 23.4 Å². The minimum Gasteiger partial charge on any atom is -0.478 e. The molecule has 1 fully saturated rings. The zero-order valence-electron chi connectivity index (χ0n) is 24.1. The molecule has 2 aromatic heterocycles. The van der Waals surface area contributed by atoms with E-state index in [2.05, 4.69) is 9.97 Å². The average molecular weight is 656 g/mol. The summed E-state index contributed by atoms with van der Waals surface area (Å²) in [5.41, 5.74) is 0.833. The van der Waals surface area contributed by atoms with Crippen LogP contribution in [-0.2, 0) is 17.8 Å². The van der Waals surface area contributed by atoms with Crippen LogP contribution in [0.1, 0.15) is 47.2 Å². The monoisotopic (exact) mass is 655 g/mol. The van der Waals surface area contributed by atoms with E-state index in [1.54, 1.807) is 6.07 Å². The van der Waals surface area contributed by atoms with Crippen molar-refractivity contribution >= 4 is 40.2 Å². The number of carboxylic acid groups (broad SMARTS) is 1. The van der Waals surface area contributed by atoms with E-state index in [-0.39, 0.29) is 68.4 Å². The molecule has 1 N–H and O–H groups in total. The van der Waals surface area contributed by atoms with Gasteiger partial charge in [0, 0.05) is 34.1 Å². The lowest BCUT2D eigenvalue weighted by molar-refractivity contribution is 0.0697. The molecule has 5 aromatic rings. The first-order valence-electron chi connectivity index (χ1n) is 13.9. The van der Waals surface area contributed by atoms with Crippen LogP contribution in [0.15, 0.2) is 60.7 Å². The molecule has 0 saturated carbocycles. The molecule has 0 aliphatic carbocycles. The van der Waals surface area contributed by atoms with Crippen LogP contribution in [0.25, 0.3) is 22.3 Å². The van der Waals surface area contributed by atoms with Crippen molar-refractivity contribution in [1.29, 1.82) is 0 Å². The highest BCUT2D eigenvalue weighted by molar-refractivity contribution is 6.34. The van der Waals surface area contributed by atoms with E-state index in [9.17, 15) is 14.3 Å². The van der Waals surface area contributed by atoms with Gasteiger partial charge in [-0.2, -0.15) is 0 Å². The summed E-state index contributed by atoms with van der Waals surface area (Å²) in [6, 6.07) is 13.6. The van der Waals surface area contributed by atoms with Gasteiger partial charge in [0.25, 0.3) is 0 Å². The number of imidazole rings is 1.